The minimum absolute atomic E-state index is 0.0616. The number of para-hydroxylation sites is 1. The number of hydrogen-bond acceptors (Lipinski definition) is 3. The molecule has 5 heteroatoms. The summed E-state index contributed by atoms with van der Waals surface area (Å²) in [6.45, 7) is 1.88. The molecule has 0 aliphatic carbocycles. The lowest BCUT2D eigenvalue weighted by atomic mass is 10.3. The van der Waals surface area contributed by atoms with Crippen LogP contribution in [0.1, 0.15) is 11.5 Å². The maximum Gasteiger partial charge on any atom is 0.258 e. The van der Waals surface area contributed by atoms with Crippen LogP contribution in [0.2, 0.25) is 0 Å². The zero-order chi connectivity index (χ0) is 13.7. The van der Waals surface area contributed by atoms with Crippen molar-refractivity contribution < 1.29 is 18.3 Å². The highest BCUT2D eigenvalue weighted by atomic mass is 19.1. The highest BCUT2D eigenvalue weighted by Gasteiger charge is 2.07. The zero-order valence-electron chi connectivity index (χ0n) is 10.5. The molecule has 1 aromatic heterocycles. The normalized spacial score (nSPS) is 10.2. The second kappa shape index (κ2) is 6.04. The molecule has 0 fully saturated rings. The molecule has 0 unspecified atom stereocenters. The third-order valence-corrected chi connectivity index (χ3v) is 2.45. The van der Waals surface area contributed by atoms with E-state index in [-0.39, 0.29) is 24.8 Å². The molecule has 0 radical (unpaired) electrons. The second-order valence-corrected chi connectivity index (χ2v) is 4.01. The van der Waals surface area contributed by atoms with Crippen LogP contribution in [0.15, 0.2) is 40.8 Å². The predicted octanol–water partition coefficient (Wildman–Crippen LogP) is 2.42. The van der Waals surface area contributed by atoms with Gasteiger partial charge in [-0.05, 0) is 31.2 Å². The van der Waals surface area contributed by atoms with E-state index < -0.39 is 5.82 Å². The zero-order valence-corrected chi connectivity index (χ0v) is 10.5. The second-order valence-electron chi connectivity index (χ2n) is 4.01. The smallest absolute Gasteiger partial charge is 0.258 e. The number of rotatable bonds is 5. The van der Waals surface area contributed by atoms with Gasteiger partial charge in [0.1, 0.15) is 11.5 Å². The summed E-state index contributed by atoms with van der Waals surface area (Å²) >= 11 is 0. The Balaban J connectivity index is 1.77. The Kier molecular flexibility index (Phi) is 4.18. The first-order valence-corrected chi connectivity index (χ1v) is 5.84. The molecular weight excluding hydrogens is 249 g/mol. The minimum Gasteiger partial charge on any atom is -0.481 e. The molecule has 100 valence electrons. The summed E-state index contributed by atoms with van der Waals surface area (Å²) in [6, 6.07) is 9.55. The maximum atomic E-state index is 13.2. The molecule has 0 saturated heterocycles. The molecule has 0 bridgehead atoms. The number of hydrogen-bond donors (Lipinski definition) is 1. The number of carbonyl (C=O) groups is 1. The van der Waals surface area contributed by atoms with Crippen molar-refractivity contribution in [2.75, 3.05) is 6.61 Å². The average Bonchev–Trinajstić information content (AvgIpc) is 2.81. The monoisotopic (exact) mass is 263 g/mol. The summed E-state index contributed by atoms with van der Waals surface area (Å²) in [4.78, 5) is 11.5. The summed E-state index contributed by atoms with van der Waals surface area (Å²) < 4.78 is 23.6. The van der Waals surface area contributed by atoms with Crippen LogP contribution in [0.3, 0.4) is 0 Å². The lowest BCUT2D eigenvalue weighted by Crippen LogP contribution is -2.28. The quantitative estimate of drug-likeness (QED) is 0.901. The lowest BCUT2D eigenvalue weighted by molar-refractivity contribution is -0.123. The molecule has 1 amide bonds. The summed E-state index contributed by atoms with van der Waals surface area (Å²) in [6.07, 6.45) is 0. The molecule has 0 aliphatic rings. The molecule has 1 N–H and O–H groups in total. The van der Waals surface area contributed by atoms with E-state index in [1.807, 2.05) is 13.0 Å². The molecular formula is C14H14FNO3. The highest BCUT2D eigenvalue weighted by molar-refractivity contribution is 5.77. The van der Waals surface area contributed by atoms with Crippen LogP contribution in [0.25, 0.3) is 0 Å². The van der Waals surface area contributed by atoms with E-state index in [4.69, 9.17) is 9.15 Å². The van der Waals surface area contributed by atoms with Crippen LogP contribution in [0.4, 0.5) is 4.39 Å². The van der Waals surface area contributed by atoms with Crippen LogP contribution >= 0.6 is 0 Å². The van der Waals surface area contributed by atoms with Crippen molar-refractivity contribution in [3.8, 4) is 5.75 Å². The molecule has 0 atom stereocenters. The molecule has 1 heterocycles. The van der Waals surface area contributed by atoms with E-state index in [1.54, 1.807) is 18.2 Å². The van der Waals surface area contributed by atoms with Gasteiger partial charge in [0, 0.05) is 0 Å². The first-order valence-electron chi connectivity index (χ1n) is 5.84. The number of benzene rings is 1. The van der Waals surface area contributed by atoms with E-state index in [0.29, 0.717) is 5.76 Å². The van der Waals surface area contributed by atoms with Gasteiger partial charge in [-0.2, -0.15) is 0 Å². The van der Waals surface area contributed by atoms with Gasteiger partial charge in [-0.1, -0.05) is 12.1 Å². The lowest BCUT2D eigenvalue weighted by Gasteiger charge is -2.07. The number of ether oxygens (including phenoxy) is 1. The van der Waals surface area contributed by atoms with E-state index in [0.717, 1.165) is 5.76 Å². The molecule has 19 heavy (non-hydrogen) atoms. The Morgan fingerprint density at radius 2 is 2.11 bits per heavy atom. The van der Waals surface area contributed by atoms with Gasteiger partial charge < -0.3 is 14.5 Å². The Morgan fingerprint density at radius 3 is 2.79 bits per heavy atom. The van der Waals surface area contributed by atoms with Crippen LogP contribution < -0.4 is 10.1 Å². The Morgan fingerprint density at radius 1 is 1.32 bits per heavy atom. The van der Waals surface area contributed by atoms with Gasteiger partial charge in [-0.3, -0.25) is 4.79 Å². The molecule has 2 rings (SSSR count). The van der Waals surface area contributed by atoms with Crippen molar-refractivity contribution in [3.05, 3.63) is 53.7 Å². The fourth-order valence-electron chi connectivity index (χ4n) is 1.52. The number of amides is 1. The number of nitrogens with one attached hydrogen (secondary N) is 1. The van der Waals surface area contributed by atoms with E-state index in [2.05, 4.69) is 5.32 Å². The van der Waals surface area contributed by atoms with Crippen LogP contribution in [0.5, 0.6) is 5.75 Å². The molecule has 2 aromatic rings. The van der Waals surface area contributed by atoms with E-state index >= 15 is 0 Å². The standard InChI is InChI=1S/C14H14FNO3/c1-10-6-7-11(19-10)8-16-14(17)9-18-13-5-3-2-4-12(13)15/h2-7H,8-9H2,1H3,(H,16,17). The minimum atomic E-state index is -0.489. The average molecular weight is 263 g/mol. The third-order valence-electron chi connectivity index (χ3n) is 2.45. The first kappa shape index (κ1) is 13.1. The fourth-order valence-corrected chi connectivity index (χ4v) is 1.52. The van der Waals surface area contributed by atoms with Gasteiger partial charge in [0.15, 0.2) is 18.2 Å². The van der Waals surface area contributed by atoms with Crippen molar-refractivity contribution in [2.24, 2.45) is 0 Å². The Labute approximate surface area is 110 Å². The van der Waals surface area contributed by atoms with Gasteiger partial charge in [0.2, 0.25) is 0 Å². The topological polar surface area (TPSA) is 51.5 Å². The Bertz CT molecular complexity index is 565. The van der Waals surface area contributed by atoms with E-state index in [1.165, 1.54) is 12.1 Å². The molecule has 0 saturated carbocycles. The summed E-state index contributed by atoms with van der Waals surface area (Å²) in [7, 11) is 0. The highest BCUT2D eigenvalue weighted by Crippen LogP contribution is 2.14. The number of furan rings is 1. The van der Waals surface area contributed by atoms with Crippen molar-refractivity contribution in [1.29, 1.82) is 0 Å². The SMILES string of the molecule is Cc1ccc(CNC(=O)COc2ccccc2F)o1. The van der Waals surface area contributed by atoms with Crippen LogP contribution in [-0.4, -0.2) is 12.5 Å². The summed E-state index contributed by atoms with van der Waals surface area (Å²) in [5.74, 6) is 0.685. The van der Waals surface area contributed by atoms with Gasteiger partial charge >= 0.3 is 0 Å². The van der Waals surface area contributed by atoms with Crippen LogP contribution in [0, 0.1) is 12.7 Å². The number of halogens is 1. The fraction of sp³-hybridized carbons (Fsp3) is 0.214. The number of carbonyl (C=O) groups excluding carboxylic acids is 1. The van der Waals surface area contributed by atoms with Crippen LogP contribution in [-0.2, 0) is 11.3 Å². The van der Waals surface area contributed by atoms with Gasteiger partial charge in [-0.15, -0.1) is 0 Å². The summed E-state index contributed by atoms with van der Waals surface area (Å²) in [5, 5.41) is 2.62. The Hall–Kier alpha value is -2.30. The molecule has 1 aromatic carbocycles. The van der Waals surface area contributed by atoms with Crippen molar-refractivity contribution in [3.63, 3.8) is 0 Å². The van der Waals surface area contributed by atoms with Gasteiger partial charge in [0.05, 0.1) is 6.54 Å². The third kappa shape index (κ3) is 3.84. The first-order chi connectivity index (χ1) is 9.15. The van der Waals surface area contributed by atoms with Gasteiger partial charge in [-0.25, -0.2) is 4.39 Å². The maximum absolute atomic E-state index is 13.2. The predicted molar refractivity (Wildman–Crippen MR) is 67.2 cm³/mol. The largest absolute Gasteiger partial charge is 0.481 e. The van der Waals surface area contributed by atoms with Gasteiger partial charge in [0.25, 0.3) is 5.91 Å². The molecule has 0 spiro atoms. The molecule has 0 aliphatic heterocycles. The number of aryl methyl sites for hydroxylation is 1. The van der Waals surface area contributed by atoms with Crippen molar-refractivity contribution in [1.82, 2.24) is 5.32 Å². The van der Waals surface area contributed by atoms with Crippen molar-refractivity contribution >= 4 is 5.91 Å². The molecule has 4 nitrogen and oxygen atoms in total. The van der Waals surface area contributed by atoms with Crippen molar-refractivity contribution in [2.45, 2.75) is 13.5 Å². The van der Waals surface area contributed by atoms with E-state index in [9.17, 15) is 9.18 Å². The summed E-state index contributed by atoms with van der Waals surface area (Å²) in [5.41, 5.74) is 0.